The van der Waals surface area contributed by atoms with Crippen molar-refractivity contribution in [2.24, 2.45) is 0 Å². The minimum Gasteiger partial charge on any atom is -0.449 e. The number of ether oxygens (including phenoxy) is 2. The van der Waals surface area contributed by atoms with Gasteiger partial charge in [0.2, 0.25) is 0 Å². The smallest absolute Gasteiger partial charge is 0.407 e. The molecule has 23 heavy (non-hydrogen) atoms. The summed E-state index contributed by atoms with van der Waals surface area (Å²) >= 11 is 0. The van der Waals surface area contributed by atoms with E-state index in [4.69, 9.17) is 9.47 Å². The Morgan fingerprint density at radius 1 is 1.09 bits per heavy atom. The van der Waals surface area contributed by atoms with Gasteiger partial charge in [0.1, 0.15) is 6.61 Å². The monoisotopic (exact) mass is 358 g/mol. The van der Waals surface area contributed by atoms with Gasteiger partial charge < -0.3 is 20.1 Å². The Balaban J connectivity index is 2.14. The Morgan fingerprint density at radius 2 is 1.74 bits per heavy atom. The Morgan fingerprint density at radius 3 is 2.35 bits per heavy atom. The number of rotatable bonds is 10. The SMILES string of the molecule is CNC(=O)c1ccc(CNC(=O)OCCSSCCOC)cc1. The van der Waals surface area contributed by atoms with E-state index in [1.54, 1.807) is 60.0 Å². The highest BCUT2D eigenvalue weighted by Gasteiger charge is 2.04. The van der Waals surface area contributed by atoms with E-state index in [2.05, 4.69) is 10.6 Å². The first-order chi connectivity index (χ1) is 11.2. The highest BCUT2D eigenvalue weighted by molar-refractivity contribution is 8.76. The van der Waals surface area contributed by atoms with Crippen molar-refractivity contribution in [3.8, 4) is 0 Å². The van der Waals surface area contributed by atoms with E-state index in [-0.39, 0.29) is 5.91 Å². The standard InChI is InChI=1S/C15H22N2O4S2/c1-16-14(18)13-5-3-12(4-6-13)11-17-15(19)21-8-10-23-22-9-7-20-2/h3-6H,7-11H2,1-2H3,(H,16,18)(H,17,19). The number of alkyl carbamates (subject to hydrolysis) is 1. The molecule has 0 fully saturated rings. The number of carbonyl (C=O) groups is 2. The van der Waals surface area contributed by atoms with Crippen molar-refractivity contribution >= 4 is 33.6 Å². The average molecular weight is 358 g/mol. The molecule has 1 aromatic rings. The molecule has 1 rings (SSSR count). The number of methoxy groups -OCH3 is 1. The van der Waals surface area contributed by atoms with Gasteiger partial charge in [-0.15, -0.1) is 0 Å². The lowest BCUT2D eigenvalue weighted by atomic mass is 10.1. The highest BCUT2D eigenvalue weighted by atomic mass is 33.1. The van der Waals surface area contributed by atoms with Crippen LogP contribution in [0.2, 0.25) is 0 Å². The van der Waals surface area contributed by atoms with Crippen molar-refractivity contribution in [3.05, 3.63) is 35.4 Å². The maximum absolute atomic E-state index is 11.5. The molecule has 2 amide bonds. The molecule has 0 bridgehead atoms. The maximum atomic E-state index is 11.5. The van der Waals surface area contributed by atoms with Crippen molar-refractivity contribution < 1.29 is 19.1 Å². The van der Waals surface area contributed by atoms with E-state index in [9.17, 15) is 9.59 Å². The van der Waals surface area contributed by atoms with Gasteiger partial charge in [-0.25, -0.2) is 4.79 Å². The molecular formula is C15H22N2O4S2. The van der Waals surface area contributed by atoms with E-state index in [0.29, 0.717) is 18.7 Å². The summed E-state index contributed by atoms with van der Waals surface area (Å²) in [4.78, 5) is 22.9. The molecule has 0 saturated heterocycles. The van der Waals surface area contributed by atoms with Crippen LogP contribution in [0.4, 0.5) is 4.79 Å². The number of hydrogen-bond donors (Lipinski definition) is 2. The van der Waals surface area contributed by atoms with Crippen LogP contribution in [0.25, 0.3) is 0 Å². The Labute approximate surface area is 144 Å². The second kappa shape index (κ2) is 12.1. The Hall–Kier alpha value is -1.38. The molecule has 0 aromatic heterocycles. The molecule has 0 heterocycles. The zero-order chi connectivity index (χ0) is 16.9. The molecule has 8 heteroatoms. The van der Waals surface area contributed by atoms with Gasteiger partial charge in [0.15, 0.2) is 0 Å². The van der Waals surface area contributed by atoms with Crippen LogP contribution in [0.5, 0.6) is 0 Å². The number of nitrogens with one attached hydrogen (secondary N) is 2. The van der Waals surface area contributed by atoms with Crippen LogP contribution in [0, 0.1) is 0 Å². The van der Waals surface area contributed by atoms with Crippen molar-refractivity contribution in [1.82, 2.24) is 10.6 Å². The zero-order valence-electron chi connectivity index (χ0n) is 13.3. The van der Waals surface area contributed by atoms with Crippen molar-refractivity contribution in [1.29, 1.82) is 0 Å². The van der Waals surface area contributed by atoms with Gasteiger partial charge in [-0.2, -0.15) is 0 Å². The minimum atomic E-state index is -0.442. The Kier molecular flexibility index (Phi) is 10.3. The third-order valence-corrected chi connectivity index (χ3v) is 5.07. The summed E-state index contributed by atoms with van der Waals surface area (Å²) in [5.74, 6) is 1.52. The molecular weight excluding hydrogens is 336 g/mol. The quantitative estimate of drug-likeness (QED) is 0.494. The molecule has 0 atom stereocenters. The van der Waals surface area contributed by atoms with Gasteiger partial charge in [-0.05, 0) is 17.7 Å². The first-order valence-electron chi connectivity index (χ1n) is 7.12. The summed E-state index contributed by atoms with van der Waals surface area (Å²) in [7, 11) is 6.60. The predicted octanol–water partition coefficient (Wildman–Crippen LogP) is 2.30. The normalized spacial score (nSPS) is 10.2. The first-order valence-corrected chi connectivity index (χ1v) is 9.61. The Bertz CT molecular complexity index is 483. The van der Waals surface area contributed by atoms with Gasteiger partial charge in [0, 0.05) is 37.8 Å². The van der Waals surface area contributed by atoms with Crippen molar-refractivity contribution in [3.63, 3.8) is 0 Å². The fourth-order valence-electron chi connectivity index (χ4n) is 1.55. The zero-order valence-corrected chi connectivity index (χ0v) is 14.9. The largest absolute Gasteiger partial charge is 0.449 e. The maximum Gasteiger partial charge on any atom is 0.407 e. The second-order valence-corrected chi connectivity index (χ2v) is 7.10. The molecule has 6 nitrogen and oxygen atoms in total. The third-order valence-electron chi connectivity index (χ3n) is 2.73. The molecule has 0 radical (unpaired) electrons. The lowest BCUT2D eigenvalue weighted by Gasteiger charge is -2.07. The van der Waals surface area contributed by atoms with E-state index in [1.807, 2.05) is 0 Å². The van der Waals surface area contributed by atoms with Crippen LogP contribution >= 0.6 is 21.6 Å². The summed E-state index contributed by atoms with van der Waals surface area (Å²) in [6.45, 7) is 1.45. The van der Waals surface area contributed by atoms with Gasteiger partial charge in [0.25, 0.3) is 5.91 Å². The molecule has 128 valence electrons. The van der Waals surface area contributed by atoms with Crippen LogP contribution in [-0.2, 0) is 16.0 Å². The van der Waals surface area contributed by atoms with Crippen LogP contribution in [0.15, 0.2) is 24.3 Å². The van der Waals surface area contributed by atoms with E-state index in [0.717, 1.165) is 23.7 Å². The number of carbonyl (C=O) groups excluding carboxylic acids is 2. The fraction of sp³-hybridized carbons (Fsp3) is 0.467. The number of benzene rings is 1. The van der Waals surface area contributed by atoms with Crippen LogP contribution < -0.4 is 10.6 Å². The topological polar surface area (TPSA) is 76.7 Å². The molecule has 0 spiro atoms. The molecule has 0 aliphatic carbocycles. The lowest BCUT2D eigenvalue weighted by Crippen LogP contribution is -2.24. The molecule has 2 N–H and O–H groups in total. The predicted molar refractivity (Wildman–Crippen MR) is 94.8 cm³/mol. The van der Waals surface area contributed by atoms with E-state index >= 15 is 0 Å². The average Bonchev–Trinajstić information content (AvgIpc) is 2.59. The first kappa shape index (κ1) is 19.7. The summed E-state index contributed by atoms with van der Waals surface area (Å²) in [6.07, 6.45) is -0.442. The third kappa shape index (κ3) is 8.73. The molecule has 0 unspecified atom stereocenters. The molecule has 0 aliphatic heterocycles. The van der Waals surface area contributed by atoms with Crippen molar-refractivity contribution in [2.75, 3.05) is 38.9 Å². The van der Waals surface area contributed by atoms with E-state index < -0.39 is 6.09 Å². The molecule has 0 aliphatic rings. The van der Waals surface area contributed by atoms with Crippen LogP contribution in [0.3, 0.4) is 0 Å². The lowest BCUT2D eigenvalue weighted by molar-refractivity contribution is 0.0963. The molecule has 0 saturated carbocycles. The van der Waals surface area contributed by atoms with Gasteiger partial charge in [-0.3, -0.25) is 4.79 Å². The highest BCUT2D eigenvalue weighted by Crippen LogP contribution is 2.19. The number of hydrogen-bond acceptors (Lipinski definition) is 6. The van der Waals surface area contributed by atoms with Crippen LogP contribution in [0.1, 0.15) is 15.9 Å². The van der Waals surface area contributed by atoms with Gasteiger partial charge in [0.05, 0.1) is 6.61 Å². The summed E-state index contributed by atoms with van der Waals surface area (Å²) in [5.41, 5.74) is 1.49. The number of amides is 2. The summed E-state index contributed by atoms with van der Waals surface area (Å²) in [6, 6.07) is 7.03. The summed E-state index contributed by atoms with van der Waals surface area (Å²) < 4.78 is 10.0. The van der Waals surface area contributed by atoms with Gasteiger partial charge >= 0.3 is 6.09 Å². The van der Waals surface area contributed by atoms with E-state index in [1.165, 1.54) is 0 Å². The minimum absolute atomic E-state index is 0.134. The fourth-order valence-corrected chi connectivity index (χ4v) is 3.28. The summed E-state index contributed by atoms with van der Waals surface area (Å²) in [5, 5.41) is 5.23. The van der Waals surface area contributed by atoms with Crippen molar-refractivity contribution in [2.45, 2.75) is 6.54 Å². The molecule has 1 aromatic carbocycles. The second-order valence-electron chi connectivity index (χ2n) is 4.40. The van der Waals surface area contributed by atoms with Gasteiger partial charge in [-0.1, -0.05) is 33.7 Å². The van der Waals surface area contributed by atoms with Crippen LogP contribution in [-0.4, -0.2) is 50.9 Å².